The van der Waals surface area contributed by atoms with Gasteiger partial charge in [0.15, 0.2) is 18.3 Å². The minimum atomic E-state index is -1.15. The van der Waals surface area contributed by atoms with Crippen LogP contribution in [0.3, 0.4) is 0 Å². The number of hydrogen-bond acceptors (Lipinski definition) is 8. The zero-order chi connectivity index (χ0) is 24.1. The SMILES string of the molecule is CC(=O)OC(C(=O)OCOCNc1cccc(-c2nc3c(Cl)c(C)[nH]n3n2)c1)c1ccccc1. The molecule has 0 aliphatic heterocycles. The monoisotopic (exact) mass is 483 g/mol. The zero-order valence-electron chi connectivity index (χ0n) is 18.4. The van der Waals surface area contributed by atoms with E-state index in [9.17, 15) is 9.59 Å². The van der Waals surface area contributed by atoms with Gasteiger partial charge in [-0.1, -0.05) is 54.1 Å². The van der Waals surface area contributed by atoms with Crippen molar-refractivity contribution in [3.05, 3.63) is 70.9 Å². The number of hydrogen-bond donors (Lipinski definition) is 2. The fourth-order valence-electron chi connectivity index (χ4n) is 3.20. The largest absolute Gasteiger partial charge is 0.446 e. The predicted octanol–water partition coefficient (Wildman–Crippen LogP) is 3.88. The Balaban J connectivity index is 1.29. The molecule has 4 rings (SSSR count). The number of carbonyl (C=O) groups excluding carboxylic acids is 2. The fraction of sp³-hybridized carbons (Fsp3) is 0.217. The second kappa shape index (κ2) is 10.4. The van der Waals surface area contributed by atoms with Crippen LogP contribution in [0.25, 0.3) is 17.0 Å². The molecule has 2 aromatic heterocycles. The molecule has 34 heavy (non-hydrogen) atoms. The first-order valence-corrected chi connectivity index (χ1v) is 10.7. The Hall–Kier alpha value is -3.89. The van der Waals surface area contributed by atoms with Gasteiger partial charge in [0.05, 0.1) is 5.69 Å². The van der Waals surface area contributed by atoms with Crippen molar-refractivity contribution in [2.24, 2.45) is 0 Å². The number of fused-ring (bicyclic) bond motifs is 1. The summed E-state index contributed by atoms with van der Waals surface area (Å²) < 4.78 is 17.1. The van der Waals surface area contributed by atoms with Crippen LogP contribution < -0.4 is 5.32 Å². The van der Waals surface area contributed by atoms with Crippen molar-refractivity contribution < 1.29 is 23.8 Å². The normalized spacial score (nSPS) is 11.9. The van der Waals surface area contributed by atoms with E-state index in [-0.39, 0.29) is 13.5 Å². The molecule has 0 fully saturated rings. The Morgan fingerprint density at radius 2 is 1.97 bits per heavy atom. The average molecular weight is 484 g/mol. The number of ether oxygens (including phenoxy) is 3. The smallest absolute Gasteiger partial charge is 0.354 e. The molecule has 0 aliphatic carbocycles. The number of aromatic amines is 1. The molecule has 1 unspecified atom stereocenters. The molecule has 1 atom stereocenters. The van der Waals surface area contributed by atoms with Crippen LogP contribution in [0.15, 0.2) is 54.6 Å². The number of esters is 2. The molecule has 176 valence electrons. The number of benzene rings is 2. The lowest BCUT2D eigenvalue weighted by Crippen LogP contribution is -2.22. The number of halogens is 1. The lowest BCUT2D eigenvalue weighted by molar-refractivity contribution is -0.175. The highest BCUT2D eigenvalue weighted by molar-refractivity contribution is 6.34. The molecule has 0 radical (unpaired) electrons. The maximum absolute atomic E-state index is 12.4. The second-order valence-corrected chi connectivity index (χ2v) is 7.69. The molecule has 4 aromatic rings. The summed E-state index contributed by atoms with van der Waals surface area (Å²) in [5, 5.41) is 11.0. The number of nitrogens with zero attached hydrogens (tertiary/aromatic N) is 3. The van der Waals surface area contributed by atoms with Gasteiger partial charge in [-0.3, -0.25) is 9.89 Å². The van der Waals surface area contributed by atoms with Crippen LogP contribution in [-0.4, -0.2) is 45.3 Å². The maximum atomic E-state index is 12.4. The van der Waals surface area contributed by atoms with Crippen LogP contribution in [0, 0.1) is 6.92 Å². The van der Waals surface area contributed by atoms with Crippen LogP contribution in [-0.2, 0) is 23.8 Å². The Labute approximate surface area is 199 Å². The van der Waals surface area contributed by atoms with E-state index in [1.807, 2.05) is 31.2 Å². The van der Waals surface area contributed by atoms with Gasteiger partial charge in [-0.05, 0) is 19.1 Å². The highest BCUT2D eigenvalue weighted by Gasteiger charge is 2.25. The second-order valence-electron chi connectivity index (χ2n) is 7.31. The van der Waals surface area contributed by atoms with Gasteiger partial charge in [-0.15, -0.1) is 5.10 Å². The highest BCUT2D eigenvalue weighted by atomic mass is 35.5. The van der Waals surface area contributed by atoms with Crippen molar-refractivity contribution in [1.29, 1.82) is 0 Å². The highest BCUT2D eigenvalue weighted by Crippen LogP contribution is 2.25. The molecular formula is C23H22ClN5O5. The Morgan fingerprint density at radius 1 is 1.18 bits per heavy atom. The summed E-state index contributed by atoms with van der Waals surface area (Å²) in [5.41, 5.74) is 3.40. The van der Waals surface area contributed by atoms with E-state index >= 15 is 0 Å². The van der Waals surface area contributed by atoms with Gasteiger partial charge in [-0.25, -0.2) is 9.78 Å². The number of aryl methyl sites for hydroxylation is 1. The van der Waals surface area contributed by atoms with E-state index < -0.39 is 18.0 Å². The first-order chi connectivity index (χ1) is 16.4. The van der Waals surface area contributed by atoms with Crippen molar-refractivity contribution in [3.8, 4) is 11.4 Å². The third kappa shape index (κ3) is 5.36. The van der Waals surface area contributed by atoms with E-state index in [1.54, 1.807) is 30.3 Å². The van der Waals surface area contributed by atoms with E-state index in [0.29, 0.717) is 22.1 Å². The van der Waals surface area contributed by atoms with Crippen LogP contribution in [0.2, 0.25) is 5.02 Å². The Kier molecular flexibility index (Phi) is 7.09. The molecular weight excluding hydrogens is 462 g/mol. The van der Waals surface area contributed by atoms with Crippen LogP contribution in [0.5, 0.6) is 0 Å². The molecule has 2 aromatic carbocycles. The first kappa shape index (κ1) is 23.3. The zero-order valence-corrected chi connectivity index (χ0v) is 19.2. The summed E-state index contributed by atoms with van der Waals surface area (Å²) in [7, 11) is 0. The van der Waals surface area contributed by atoms with Crippen molar-refractivity contribution in [3.63, 3.8) is 0 Å². The minimum absolute atomic E-state index is 0.0722. The van der Waals surface area contributed by atoms with E-state index in [2.05, 4.69) is 20.5 Å². The molecule has 10 nitrogen and oxygen atoms in total. The van der Waals surface area contributed by atoms with Crippen molar-refractivity contribution in [2.75, 3.05) is 18.8 Å². The van der Waals surface area contributed by atoms with Gasteiger partial charge in [0.1, 0.15) is 11.8 Å². The maximum Gasteiger partial charge on any atom is 0.354 e. The number of carbonyl (C=O) groups is 2. The van der Waals surface area contributed by atoms with Gasteiger partial charge < -0.3 is 19.5 Å². The van der Waals surface area contributed by atoms with Gasteiger partial charge in [0, 0.05) is 23.7 Å². The lowest BCUT2D eigenvalue weighted by atomic mass is 10.1. The number of rotatable bonds is 9. The van der Waals surface area contributed by atoms with Gasteiger partial charge >= 0.3 is 11.9 Å². The van der Waals surface area contributed by atoms with Crippen LogP contribution >= 0.6 is 11.6 Å². The Bertz CT molecular complexity index is 1300. The molecule has 2 N–H and O–H groups in total. The van der Waals surface area contributed by atoms with E-state index in [0.717, 1.165) is 16.9 Å². The summed E-state index contributed by atoms with van der Waals surface area (Å²) in [4.78, 5) is 28.2. The standard InChI is InChI=1S/C23H22ClN5O5/c1-14-19(24)22-26-21(28-29(22)27-14)17-9-6-10-18(11-17)25-12-32-13-33-23(31)20(34-15(2)30)16-7-4-3-5-8-16/h3-11,20,25,27H,12-13H2,1-2H3. The topological polar surface area (TPSA) is 120 Å². The summed E-state index contributed by atoms with van der Waals surface area (Å²) in [5.74, 6) is -0.794. The quantitative estimate of drug-likeness (QED) is 0.209. The summed E-state index contributed by atoms with van der Waals surface area (Å²) in [6.07, 6.45) is -1.15. The fourth-order valence-corrected chi connectivity index (χ4v) is 3.36. The minimum Gasteiger partial charge on any atom is -0.446 e. The van der Waals surface area contributed by atoms with Gasteiger partial charge in [0.25, 0.3) is 0 Å². The third-order valence-corrected chi connectivity index (χ3v) is 5.24. The molecule has 0 amide bonds. The molecule has 0 saturated carbocycles. The van der Waals surface area contributed by atoms with Crippen molar-refractivity contribution >= 4 is 34.9 Å². The summed E-state index contributed by atoms with van der Waals surface area (Å²) in [6.45, 7) is 2.83. The van der Waals surface area contributed by atoms with Crippen molar-refractivity contribution in [1.82, 2.24) is 19.8 Å². The van der Waals surface area contributed by atoms with Crippen molar-refractivity contribution in [2.45, 2.75) is 20.0 Å². The molecule has 0 aliphatic rings. The molecule has 2 heterocycles. The van der Waals surface area contributed by atoms with Crippen LogP contribution in [0.1, 0.15) is 24.3 Å². The van der Waals surface area contributed by atoms with E-state index in [4.69, 9.17) is 25.8 Å². The summed E-state index contributed by atoms with van der Waals surface area (Å²) >= 11 is 6.23. The van der Waals surface area contributed by atoms with E-state index in [1.165, 1.54) is 11.6 Å². The predicted molar refractivity (Wildman–Crippen MR) is 124 cm³/mol. The first-order valence-electron chi connectivity index (χ1n) is 10.3. The van der Waals surface area contributed by atoms with Gasteiger partial charge in [0.2, 0.25) is 6.10 Å². The van der Waals surface area contributed by atoms with Crippen LogP contribution in [0.4, 0.5) is 5.69 Å². The molecule has 0 bridgehead atoms. The average Bonchev–Trinajstić information content (AvgIpc) is 3.36. The molecule has 0 saturated heterocycles. The number of nitrogens with one attached hydrogen (secondary N) is 2. The number of anilines is 1. The number of aromatic nitrogens is 4. The van der Waals surface area contributed by atoms with Gasteiger partial charge in [-0.2, -0.15) is 4.63 Å². The molecule has 0 spiro atoms. The lowest BCUT2D eigenvalue weighted by Gasteiger charge is -2.16. The number of H-pyrrole nitrogens is 1. The third-order valence-electron chi connectivity index (χ3n) is 4.79. The molecule has 11 heteroatoms. The Morgan fingerprint density at radius 3 is 2.71 bits per heavy atom. The summed E-state index contributed by atoms with van der Waals surface area (Å²) in [6, 6.07) is 16.1.